The van der Waals surface area contributed by atoms with Gasteiger partial charge in [-0.05, 0) is 25.1 Å². The molecule has 0 atom stereocenters. The molecule has 6 heteroatoms. The smallest absolute Gasteiger partial charge is 0.237 e. The summed E-state index contributed by atoms with van der Waals surface area (Å²) in [6, 6.07) is 11.2. The van der Waals surface area contributed by atoms with E-state index in [1.165, 1.54) is 12.5 Å². The molecule has 0 radical (unpaired) electrons. The molecular formula is C15H14N4O2. The van der Waals surface area contributed by atoms with E-state index in [4.69, 9.17) is 4.74 Å². The predicted octanol–water partition coefficient (Wildman–Crippen LogP) is 2.79. The zero-order chi connectivity index (χ0) is 14.8. The summed E-state index contributed by atoms with van der Waals surface area (Å²) in [5.74, 6) is 1.46. The zero-order valence-electron chi connectivity index (χ0n) is 11.7. The number of rotatable bonds is 3. The molecule has 0 fully saturated rings. The number of hydrogen-bond acceptors (Lipinski definition) is 4. The first-order valence-electron chi connectivity index (χ1n) is 6.49. The van der Waals surface area contributed by atoms with Gasteiger partial charge in [-0.2, -0.15) is 0 Å². The SMILES string of the molecule is CC(=O)Nc1cn2nc(Oc3ccc(C)cc3)ccc2n1. The number of nitrogens with one attached hydrogen (secondary N) is 1. The van der Waals surface area contributed by atoms with Crippen LogP contribution in [0.25, 0.3) is 5.65 Å². The average molecular weight is 282 g/mol. The molecule has 3 rings (SSSR count). The topological polar surface area (TPSA) is 68.5 Å². The lowest BCUT2D eigenvalue weighted by atomic mass is 10.2. The number of anilines is 1. The lowest BCUT2D eigenvalue weighted by Crippen LogP contribution is -2.05. The highest BCUT2D eigenvalue weighted by Gasteiger charge is 2.06. The first-order chi connectivity index (χ1) is 10.1. The second kappa shape index (κ2) is 5.24. The Balaban J connectivity index is 1.86. The van der Waals surface area contributed by atoms with Gasteiger partial charge in [0.05, 0.1) is 6.20 Å². The maximum atomic E-state index is 11.0. The van der Waals surface area contributed by atoms with Crippen molar-refractivity contribution in [2.45, 2.75) is 13.8 Å². The number of carbonyl (C=O) groups excluding carboxylic acids is 1. The monoisotopic (exact) mass is 282 g/mol. The Labute approximate surface area is 121 Å². The molecule has 2 aromatic heterocycles. The van der Waals surface area contributed by atoms with Crippen LogP contribution < -0.4 is 10.1 Å². The highest BCUT2D eigenvalue weighted by atomic mass is 16.5. The van der Waals surface area contributed by atoms with Crippen LogP contribution in [0.2, 0.25) is 0 Å². The highest BCUT2D eigenvalue weighted by Crippen LogP contribution is 2.20. The summed E-state index contributed by atoms with van der Waals surface area (Å²) in [6.45, 7) is 3.45. The van der Waals surface area contributed by atoms with E-state index >= 15 is 0 Å². The van der Waals surface area contributed by atoms with E-state index in [1.807, 2.05) is 31.2 Å². The molecule has 106 valence electrons. The second-order valence-electron chi connectivity index (χ2n) is 4.70. The molecule has 1 amide bonds. The quantitative estimate of drug-likeness (QED) is 0.802. The van der Waals surface area contributed by atoms with Gasteiger partial charge >= 0.3 is 0 Å². The molecule has 0 saturated carbocycles. The summed E-state index contributed by atoms with van der Waals surface area (Å²) < 4.78 is 7.25. The molecule has 0 bridgehead atoms. The van der Waals surface area contributed by atoms with Crippen molar-refractivity contribution in [3.8, 4) is 11.6 Å². The molecular weight excluding hydrogens is 268 g/mol. The molecule has 0 spiro atoms. The number of benzene rings is 1. The van der Waals surface area contributed by atoms with Gasteiger partial charge in [-0.1, -0.05) is 17.7 Å². The average Bonchev–Trinajstić information content (AvgIpc) is 2.82. The lowest BCUT2D eigenvalue weighted by molar-refractivity contribution is -0.114. The zero-order valence-corrected chi connectivity index (χ0v) is 11.7. The van der Waals surface area contributed by atoms with Crippen molar-refractivity contribution in [3.05, 3.63) is 48.2 Å². The number of aryl methyl sites for hydroxylation is 1. The minimum Gasteiger partial charge on any atom is -0.438 e. The number of carbonyl (C=O) groups is 1. The van der Waals surface area contributed by atoms with Gasteiger partial charge in [-0.15, -0.1) is 5.10 Å². The van der Waals surface area contributed by atoms with E-state index in [9.17, 15) is 4.79 Å². The Morgan fingerprint density at radius 3 is 2.67 bits per heavy atom. The van der Waals surface area contributed by atoms with Crippen molar-refractivity contribution in [3.63, 3.8) is 0 Å². The van der Waals surface area contributed by atoms with E-state index in [-0.39, 0.29) is 5.91 Å². The number of hydrogen-bond donors (Lipinski definition) is 1. The fraction of sp³-hybridized carbons (Fsp3) is 0.133. The number of aromatic nitrogens is 3. The second-order valence-corrected chi connectivity index (χ2v) is 4.70. The molecule has 2 heterocycles. The molecule has 21 heavy (non-hydrogen) atoms. The molecule has 6 nitrogen and oxygen atoms in total. The van der Waals surface area contributed by atoms with Gasteiger partial charge in [0.1, 0.15) is 5.75 Å². The maximum Gasteiger partial charge on any atom is 0.237 e. The molecule has 0 saturated heterocycles. The minimum absolute atomic E-state index is 0.172. The fourth-order valence-electron chi connectivity index (χ4n) is 1.89. The third-order valence-electron chi connectivity index (χ3n) is 2.84. The standard InChI is InChI=1S/C15H14N4O2/c1-10-3-5-12(6-4-10)21-15-8-7-14-17-13(16-11(2)20)9-19(14)18-15/h3-9H,1-2H3,(H,16,20). The molecule has 3 aromatic rings. The van der Waals surface area contributed by atoms with Crippen LogP contribution in [-0.2, 0) is 4.79 Å². The van der Waals surface area contributed by atoms with E-state index in [0.29, 0.717) is 17.3 Å². The van der Waals surface area contributed by atoms with Gasteiger partial charge in [-0.3, -0.25) is 4.79 Å². The van der Waals surface area contributed by atoms with Gasteiger partial charge in [0, 0.05) is 13.0 Å². The van der Waals surface area contributed by atoms with Gasteiger partial charge in [-0.25, -0.2) is 9.50 Å². The summed E-state index contributed by atoms with van der Waals surface area (Å²) in [7, 11) is 0. The van der Waals surface area contributed by atoms with Gasteiger partial charge < -0.3 is 10.1 Å². The van der Waals surface area contributed by atoms with Crippen LogP contribution in [0.15, 0.2) is 42.6 Å². The molecule has 0 unspecified atom stereocenters. The molecule has 0 aliphatic rings. The van der Waals surface area contributed by atoms with Crippen molar-refractivity contribution >= 4 is 17.4 Å². The number of nitrogens with zero attached hydrogens (tertiary/aromatic N) is 3. The predicted molar refractivity (Wildman–Crippen MR) is 78.5 cm³/mol. The van der Waals surface area contributed by atoms with Crippen LogP contribution in [0, 0.1) is 6.92 Å². The van der Waals surface area contributed by atoms with Gasteiger partial charge in [0.15, 0.2) is 11.5 Å². The van der Waals surface area contributed by atoms with Crippen molar-refractivity contribution < 1.29 is 9.53 Å². The molecule has 0 aliphatic heterocycles. The van der Waals surface area contributed by atoms with E-state index in [0.717, 1.165) is 5.75 Å². The summed E-state index contributed by atoms with van der Waals surface area (Å²) in [4.78, 5) is 15.2. The van der Waals surface area contributed by atoms with E-state index in [2.05, 4.69) is 15.4 Å². The fourth-order valence-corrected chi connectivity index (χ4v) is 1.89. The number of imidazole rings is 1. The van der Waals surface area contributed by atoms with Crippen LogP contribution in [0.1, 0.15) is 12.5 Å². The molecule has 0 aliphatic carbocycles. The van der Waals surface area contributed by atoms with Crippen LogP contribution in [0.3, 0.4) is 0 Å². The Kier molecular flexibility index (Phi) is 3.27. The Hall–Kier alpha value is -2.89. The number of fused-ring (bicyclic) bond motifs is 1. The van der Waals surface area contributed by atoms with Crippen LogP contribution in [-0.4, -0.2) is 20.5 Å². The van der Waals surface area contributed by atoms with Gasteiger partial charge in [0.2, 0.25) is 11.8 Å². The third-order valence-corrected chi connectivity index (χ3v) is 2.84. The van der Waals surface area contributed by atoms with Crippen molar-refractivity contribution in [2.24, 2.45) is 0 Å². The first kappa shape index (κ1) is 13.1. The summed E-state index contributed by atoms with van der Waals surface area (Å²) >= 11 is 0. The minimum atomic E-state index is -0.172. The Morgan fingerprint density at radius 1 is 1.19 bits per heavy atom. The summed E-state index contributed by atoms with van der Waals surface area (Å²) in [6.07, 6.45) is 1.64. The molecule has 1 N–H and O–H groups in total. The van der Waals surface area contributed by atoms with Crippen LogP contribution >= 0.6 is 0 Å². The Bertz CT molecular complexity index is 793. The molecule has 1 aromatic carbocycles. The van der Waals surface area contributed by atoms with E-state index < -0.39 is 0 Å². The van der Waals surface area contributed by atoms with Gasteiger partial charge in [0.25, 0.3) is 0 Å². The number of ether oxygens (including phenoxy) is 1. The Morgan fingerprint density at radius 2 is 1.95 bits per heavy atom. The lowest BCUT2D eigenvalue weighted by Gasteiger charge is -2.04. The van der Waals surface area contributed by atoms with Crippen molar-refractivity contribution in [1.29, 1.82) is 0 Å². The third kappa shape index (κ3) is 3.00. The first-order valence-corrected chi connectivity index (χ1v) is 6.49. The van der Waals surface area contributed by atoms with Crippen LogP contribution in [0.4, 0.5) is 5.82 Å². The number of amides is 1. The normalized spacial score (nSPS) is 10.6. The maximum absolute atomic E-state index is 11.0. The summed E-state index contributed by atoms with van der Waals surface area (Å²) in [5, 5.41) is 6.92. The summed E-state index contributed by atoms with van der Waals surface area (Å²) in [5.41, 5.74) is 1.80. The van der Waals surface area contributed by atoms with E-state index in [1.54, 1.807) is 22.8 Å². The highest BCUT2D eigenvalue weighted by molar-refractivity contribution is 5.87. The largest absolute Gasteiger partial charge is 0.438 e. The van der Waals surface area contributed by atoms with Crippen molar-refractivity contribution in [2.75, 3.05) is 5.32 Å². The van der Waals surface area contributed by atoms with Crippen LogP contribution in [0.5, 0.6) is 11.6 Å². The van der Waals surface area contributed by atoms with Crippen molar-refractivity contribution in [1.82, 2.24) is 14.6 Å².